The van der Waals surface area contributed by atoms with E-state index in [1.807, 2.05) is 25.2 Å². The number of hydrogen-bond acceptors (Lipinski definition) is 9. The number of methoxy groups -OCH3 is 1. The highest BCUT2D eigenvalue weighted by atomic mass is 16.5. The quantitative estimate of drug-likeness (QED) is 0.139. The number of Topliss-reactive ketones (excluding diaryl/α,β-unsaturated/α-hetero) is 1. The van der Waals surface area contributed by atoms with Crippen molar-refractivity contribution in [1.29, 1.82) is 0 Å². The number of carbonyl (C=O) groups excluding carboxylic acids is 1. The maximum Gasteiger partial charge on any atom is 0.160 e. The fourth-order valence-corrected chi connectivity index (χ4v) is 10.5. The number of fused-ring (bicyclic) bond motifs is 2. The van der Waals surface area contributed by atoms with Gasteiger partial charge < -0.3 is 40.9 Å². The Morgan fingerprint density at radius 2 is 1.76 bits per heavy atom. The number of rotatable bonds is 7. The molecule has 3 aromatic rings. The van der Waals surface area contributed by atoms with E-state index in [0.29, 0.717) is 24.1 Å². The molecule has 1 saturated heterocycles. The average molecular weight is 695 g/mol. The molecule has 0 radical (unpaired) electrons. The van der Waals surface area contributed by atoms with Crippen LogP contribution in [-0.4, -0.2) is 70.7 Å². The van der Waals surface area contributed by atoms with Crippen LogP contribution in [0.2, 0.25) is 0 Å². The Morgan fingerprint density at radius 3 is 2.51 bits per heavy atom. The molecular weight excluding hydrogens is 644 g/mol. The molecule has 3 aliphatic carbocycles. The molecule has 9 heteroatoms. The SMILES string of the molecule is CNC[C@@H]1C[C@H]2CCC[C@@H]3NC[C@H]4C#C[C@@H](Cc5ccccc5)[C@H](c5cc(OC)c(O)cc5CO)CC(=O)C[C@H](O)C4[C@@]23c2cc(O)c(O)cc21. The van der Waals surface area contributed by atoms with E-state index >= 15 is 0 Å². The Labute approximate surface area is 300 Å². The van der Waals surface area contributed by atoms with Gasteiger partial charge in [-0.2, -0.15) is 0 Å². The Bertz CT molecular complexity index is 1820. The molecule has 0 amide bonds. The van der Waals surface area contributed by atoms with Crippen LogP contribution in [0.5, 0.6) is 23.0 Å². The van der Waals surface area contributed by atoms with Crippen molar-refractivity contribution in [2.24, 2.45) is 23.7 Å². The number of aliphatic hydroxyl groups is 2. The zero-order valence-electron chi connectivity index (χ0n) is 29.4. The van der Waals surface area contributed by atoms with Crippen molar-refractivity contribution in [2.75, 3.05) is 27.2 Å². The molecule has 9 atom stereocenters. The van der Waals surface area contributed by atoms with E-state index in [2.05, 4.69) is 34.6 Å². The number of likely N-dealkylation sites (N-methyl/N-ethyl adjacent to an activating group) is 1. The first kappa shape index (κ1) is 35.3. The summed E-state index contributed by atoms with van der Waals surface area (Å²) >= 11 is 0. The fourth-order valence-electron chi connectivity index (χ4n) is 10.5. The van der Waals surface area contributed by atoms with E-state index < -0.39 is 17.4 Å². The van der Waals surface area contributed by atoms with Crippen LogP contribution in [0.4, 0.5) is 0 Å². The lowest BCUT2D eigenvalue weighted by Crippen LogP contribution is -2.69. The van der Waals surface area contributed by atoms with E-state index in [0.717, 1.165) is 48.9 Å². The molecule has 3 aromatic carbocycles. The van der Waals surface area contributed by atoms with Gasteiger partial charge in [0.2, 0.25) is 0 Å². The second-order valence-electron chi connectivity index (χ2n) is 15.2. The van der Waals surface area contributed by atoms with Gasteiger partial charge in [-0.25, -0.2) is 0 Å². The summed E-state index contributed by atoms with van der Waals surface area (Å²) in [5, 5.41) is 62.4. The zero-order chi connectivity index (χ0) is 35.9. The number of phenolic OH excluding ortho intramolecular Hbond substituents is 3. The smallest absolute Gasteiger partial charge is 0.160 e. The first-order valence-electron chi connectivity index (χ1n) is 18.4. The lowest BCUT2D eigenvalue weighted by Gasteiger charge is -2.63. The van der Waals surface area contributed by atoms with Crippen molar-refractivity contribution < 1.29 is 35.1 Å². The van der Waals surface area contributed by atoms with E-state index in [1.54, 1.807) is 18.2 Å². The van der Waals surface area contributed by atoms with Gasteiger partial charge in [0.25, 0.3) is 0 Å². The Morgan fingerprint density at radius 1 is 0.980 bits per heavy atom. The number of aromatic hydroxyl groups is 3. The molecule has 0 aromatic heterocycles. The highest BCUT2D eigenvalue weighted by Crippen LogP contribution is 2.62. The minimum absolute atomic E-state index is 0.00894. The summed E-state index contributed by atoms with van der Waals surface area (Å²) in [6, 6.07) is 16.7. The standard InChI is InChI=1S/C42H50N2O7/c1-43-21-27-14-29-9-6-10-40-42(29,34-20-36(48)35(47)18-33(27)34)41-26(22-44-40)12-11-25(13-24-7-4-3-5-8-24)31(16-30(46)17-38(41)50)32-19-39(51-2)37(49)15-28(32)23-45/h3-5,7-8,15,18-20,25-27,29,31,38,40-41,43-45,47-50H,6,9-10,13-14,16-17,21-23H2,1-2H3/t25-,26+,27-,29+,31+,38-,40-,41?,42+/m0/s1. The number of aliphatic hydroxyl groups excluding tert-OH is 2. The van der Waals surface area contributed by atoms with Crippen LogP contribution in [0.3, 0.4) is 0 Å². The van der Waals surface area contributed by atoms with Crippen LogP contribution in [0.1, 0.15) is 78.2 Å². The number of hydrogen-bond donors (Lipinski definition) is 7. The van der Waals surface area contributed by atoms with Crippen LogP contribution in [0.15, 0.2) is 54.6 Å². The second-order valence-corrected chi connectivity index (χ2v) is 15.2. The van der Waals surface area contributed by atoms with Crippen LogP contribution < -0.4 is 15.4 Å². The molecule has 4 aliphatic rings. The average Bonchev–Trinajstić information content (AvgIpc) is 3.12. The molecule has 1 saturated carbocycles. The fraction of sp³-hybridized carbons (Fsp3) is 0.500. The molecule has 270 valence electrons. The first-order chi connectivity index (χ1) is 24.7. The van der Waals surface area contributed by atoms with Crippen molar-refractivity contribution in [3.8, 4) is 34.8 Å². The molecule has 51 heavy (non-hydrogen) atoms. The van der Waals surface area contributed by atoms with Crippen molar-refractivity contribution in [3.63, 3.8) is 0 Å². The molecule has 2 fully saturated rings. The van der Waals surface area contributed by atoms with E-state index in [4.69, 9.17) is 4.74 Å². The van der Waals surface area contributed by atoms with Crippen molar-refractivity contribution in [1.82, 2.24) is 10.6 Å². The highest BCUT2D eigenvalue weighted by molar-refractivity contribution is 5.80. The number of carbonyl (C=O) groups is 1. The lowest BCUT2D eigenvalue weighted by molar-refractivity contribution is -0.125. The number of benzene rings is 3. The third kappa shape index (κ3) is 6.27. The van der Waals surface area contributed by atoms with Crippen LogP contribution in [-0.2, 0) is 23.2 Å². The highest BCUT2D eigenvalue weighted by Gasteiger charge is 2.62. The second kappa shape index (κ2) is 14.5. The van der Waals surface area contributed by atoms with Gasteiger partial charge in [-0.3, -0.25) is 4.79 Å². The van der Waals surface area contributed by atoms with Crippen molar-refractivity contribution >= 4 is 5.78 Å². The lowest BCUT2D eigenvalue weighted by atomic mass is 9.44. The molecule has 7 rings (SSSR count). The van der Waals surface area contributed by atoms with E-state index in [1.165, 1.54) is 13.2 Å². The maximum absolute atomic E-state index is 14.3. The minimum atomic E-state index is -0.996. The zero-order valence-corrected chi connectivity index (χ0v) is 29.4. The molecule has 0 bridgehead atoms. The summed E-state index contributed by atoms with van der Waals surface area (Å²) in [6.45, 7) is 0.943. The van der Waals surface area contributed by atoms with Crippen LogP contribution in [0, 0.1) is 35.5 Å². The molecule has 1 spiro atoms. The van der Waals surface area contributed by atoms with Gasteiger partial charge >= 0.3 is 0 Å². The first-order valence-corrected chi connectivity index (χ1v) is 18.4. The largest absolute Gasteiger partial charge is 0.504 e. The Hall–Kier alpha value is -4.07. The molecule has 1 aliphatic heterocycles. The number of nitrogens with one attached hydrogen (secondary N) is 2. The van der Waals surface area contributed by atoms with Gasteiger partial charge in [-0.15, -0.1) is 0 Å². The Balaban J connectivity index is 1.41. The van der Waals surface area contributed by atoms with Crippen LogP contribution in [0.25, 0.3) is 0 Å². The molecule has 1 heterocycles. The third-order valence-corrected chi connectivity index (χ3v) is 12.5. The molecule has 7 N–H and O–H groups in total. The van der Waals surface area contributed by atoms with Crippen molar-refractivity contribution in [3.05, 3.63) is 82.4 Å². The third-order valence-electron chi connectivity index (χ3n) is 12.5. The molecule has 9 nitrogen and oxygen atoms in total. The van der Waals surface area contributed by atoms with Crippen molar-refractivity contribution in [2.45, 2.75) is 80.9 Å². The van der Waals surface area contributed by atoms with Gasteiger partial charge in [0.15, 0.2) is 23.0 Å². The van der Waals surface area contributed by atoms with Gasteiger partial charge in [-0.05, 0) is 96.6 Å². The van der Waals surface area contributed by atoms with Gasteiger partial charge in [0.1, 0.15) is 5.78 Å². The number of ether oxygens (including phenoxy) is 1. The van der Waals surface area contributed by atoms with Crippen LogP contribution >= 0.6 is 0 Å². The summed E-state index contributed by atoms with van der Waals surface area (Å²) in [6.07, 6.45) is 3.36. The topological polar surface area (TPSA) is 152 Å². The van der Waals surface area contributed by atoms with Gasteiger partial charge in [-0.1, -0.05) is 48.6 Å². The number of ketones is 1. The maximum atomic E-state index is 14.3. The Kier molecular flexibility index (Phi) is 10.1. The summed E-state index contributed by atoms with van der Waals surface area (Å²) in [5.74, 6) is 5.91. The number of phenols is 3. The monoisotopic (exact) mass is 694 g/mol. The summed E-state index contributed by atoms with van der Waals surface area (Å²) in [5.41, 5.74) is 3.59. The summed E-state index contributed by atoms with van der Waals surface area (Å²) < 4.78 is 5.47. The normalized spacial score (nSPS) is 31.6. The number of piperidine rings is 1. The minimum Gasteiger partial charge on any atom is -0.504 e. The van der Waals surface area contributed by atoms with Gasteiger partial charge in [0.05, 0.1) is 19.8 Å². The van der Waals surface area contributed by atoms with E-state index in [-0.39, 0.29) is 83.9 Å². The molecular formula is C42H50N2O7. The summed E-state index contributed by atoms with van der Waals surface area (Å²) in [7, 11) is 3.40. The predicted octanol–water partition coefficient (Wildman–Crippen LogP) is 4.62. The predicted molar refractivity (Wildman–Crippen MR) is 194 cm³/mol. The van der Waals surface area contributed by atoms with E-state index in [9.17, 15) is 30.3 Å². The molecule has 1 unspecified atom stereocenters. The summed E-state index contributed by atoms with van der Waals surface area (Å²) in [4.78, 5) is 14.3. The van der Waals surface area contributed by atoms with Gasteiger partial charge in [0, 0.05) is 61.1 Å².